The number of hydrogen-bond donors (Lipinski definition) is 13. The van der Waals surface area contributed by atoms with E-state index in [1.165, 1.54) is 29.5 Å². The predicted octanol–water partition coefficient (Wildman–Crippen LogP) is -4.15. The summed E-state index contributed by atoms with van der Waals surface area (Å²) in [6.07, 6.45) is 3.53. The highest BCUT2D eigenvalue weighted by Gasteiger charge is 2.42. The lowest BCUT2D eigenvalue weighted by molar-refractivity contribution is -0.154. The molecule has 89 heavy (non-hydrogen) atoms. The number of aliphatic hydroxyl groups is 1. The third-order valence-electron chi connectivity index (χ3n) is 14.5. The van der Waals surface area contributed by atoms with Gasteiger partial charge in [-0.15, -0.1) is 0 Å². The number of Topliss-reactive ketones (excluding diaryl/α,β-unsaturated/α-hetero) is 8. The van der Waals surface area contributed by atoms with Crippen LogP contribution in [0.1, 0.15) is 102 Å². The molecule has 0 saturated carbocycles. The number of carbonyl (C=O) groups excluding carboxylic acids is 12. The molecule has 1 aromatic heterocycles. The number of hydrogen-bond acceptors (Lipinski definition) is 28. The largest absolute Gasteiger partial charge is 0.481 e. The van der Waals surface area contributed by atoms with Crippen molar-refractivity contribution in [1.82, 2.24) is 52.3 Å². The fraction of sp³-hybridized carbons (Fsp3) is 0.614. The van der Waals surface area contributed by atoms with E-state index in [0.29, 0.717) is 56.3 Å². The summed E-state index contributed by atoms with van der Waals surface area (Å²) in [7, 11) is 0. The minimum Gasteiger partial charge on any atom is -0.481 e. The molecule has 4 rings (SSSR count). The number of nitrogens with one attached hydrogen (secondary N) is 7. The number of rotatable bonds is 46. The quantitative estimate of drug-likeness (QED) is 0.00984. The summed E-state index contributed by atoms with van der Waals surface area (Å²) in [4.78, 5) is 179. The maximum absolute atomic E-state index is 14.5. The third-order valence-corrected chi connectivity index (χ3v) is 15.7. The lowest BCUT2D eigenvalue weighted by Crippen LogP contribution is -2.59. The van der Waals surface area contributed by atoms with Gasteiger partial charge in [-0.05, 0) is 76.4 Å². The number of aromatic nitrogens is 2. The molecule has 0 spiro atoms. The zero-order chi connectivity index (χ0) is 65.6. The number of benzene rings is 1. The summed E-state index contributed by atoms with van der Waals surface area (Å²) < 4.78 is 9.99. The zero-order valence-corrected chi connectivity index (χ0v) is 51.0. The molecule has 3 heterocycles. The van der Waals surface area contributed by atoms with Gasteiger partial charge in [-0.2, -0.15) is 11.8 Å². The van der Waals surface area contributed by atoms with Gasteiger partial charge >= 0.3 is 17.9 Å². The molecular formula is C57H86N14O17S. The lowest BCUT2D eigenvalue weighted by atomic mass is 9.97. The Labute approximate surface area is 519 Å². The number of aromatic amines is 1. The van der Waals surface area contributed by atoms with Gasteiger partial charge in [0.2, 0.25) is 46.5 Å². The number of carbonyl (C=O) groups is 13. The van der Waals surface area contributed by atoms with Crippen LogP contribution in [0.5, 0.6) is 0 Å². The third kappa shape index (κ3) is 25.5. The van der Waals surface area contributed by atoms with Gasteiger partial charge in [0, 0.05) is 51.1 Å². The van der Waals surface area contributed by atoms with Crippen molar-refractivity contribution in [2.45, 2.75) is 164 Å². The van der Waals surface area contributed by atoms with E-state index in [-0.39, 0.29) is 76.3 Å². The minimum atomic E-state index is -1.74. The molecule has 2 fully saturated rings. The minimum absolute atomic E-state index is 0.0420. The van der Waals surface area contributed by atoms with Crippen LogP contribution in [-0.2, 0) is 84.6 Å². The SMILES string of the molecule is CC(=O)OCC(CSCC(N)C(=O)C(=O)CNN[C@@H](CC(=O)O)C(=O)C(=O)[C@@H]1CCCN1N[C@@H](CCCCN)C(=O)N[C@@H](Cc1c[nH]cn1)C(=O)CC(=O)[C@@H]1CCCN1N[C@@H](CCCCN)C(=O)N[C@@H](CO)C(=O)C(=O)[C@@H](N)Cc1ccccc1)OC(C)=O. The first kappa shape index (κ1) is 74.5. The van der Waals surface area contributed by atoms with E-state index >= 15 is 0 Å². The average molecular weight is 1270 g/mol. The smallest absolute Gasteiger partial charge is 0.305 e. The Morgan fingerprint density at radius 1 is 0.719 bits per heavy atom. The Kier molecular flexibility index (Phi) is 32.9. The summed E-state index contributed by atoms with van der Waals surface area (Å²) in [6, 6.07) is -2.92. The summed E-state index contributed by atoms with van der Waals surface area (Å²) in [5.41, 5.74) is 35.5. The molecule has 2 unspecified atom stereocenters. The predicted molar refractivity (Wildman–Crippen MR) is 320 cm³/mol. The number of aliphatic hydroxyl groups excluding tert-OH is 1. The van der Waals surface area contributed by atoms with Crippen molar-refractivity contribution in [3.05, 3.63) is 54.1 Å². The van der Waals surface area contributed by atoms with Crippen molar-refractivity contribution in [3.8, 4) is 0 Å². The Balaban J connectivity index is 1.42. The fourth-order valence-corrected chi connectivity index (χ4v) is 10.9. The highest BCUT2D eigenvalue weighted by molar-refractivity contribution is 7.99. The highest BCUT2D eigenvalue weighted by Crippen LogP contribution is 2.22. The molecule has 10 atom stereocenters. The van der Waals surface area contributed by atoms with Gasteiger partial charge in [0.15, 0.2) is 11.6 Å². The molecule has 0 aliphatic carbocycles. The van der Waals surface area contributed by atoms with Crippen LogP contribution in [0.4, 0.5) is 0 Å². The van der Waals surface area contributed by atoms with E-state index in [4.69, 9.17) is 32.4 Å². The molecule has 2 aliphatic rings. The highest BCUT2D eigenvalue weighted by atomic mass is 32.2. The number of ketones is 8. The number of ether oxygens (including phenoxy) is 2. The Morgan fingerprint density at radius 2 is 1.33 bits per heavy atom. The number of aliphatic carboxylic acids is 1. The summed E-state index contributed by atoms with van der Waals surface area (Å²) >= 11 is 1.04. The molecule has 2 aliphatic heterocycles. The van der Waals surface area contributed by atoms with Gasteiger partial charge in [-0.25, -0.2) is 36.7 Å². The number of amides is 2. The van der Waals surface area contributed by atoms with E-state index in [9.17, 15) is 72.5 Å². The van der Waals surface area contributed by atoms with Crippen LogP contribution >= 0.6 is 11.8 Å². The van der Waals surface area contributed by atoms with E-state index in [1.807, 2.05) is 0 Å². The van der Waals surface area contributed by atoms with Crippen molar-refractivity contribution in [3.63, 3.8) is 0 Å². The second kappa shape index (κ2) is 39.2. The number of unbranched alkanes of at least 4 members (excludes halogenated alkanes) is 2. The molecular weight excluding hydrogens is 1180 g/mol. The standard InChI is InChI=1S/C57H86N14O17S/c1-33(73)87-29-37(88-34(2)74)30-89-31-39(61)51(80)49(77)27-64-67-43(24-50(78)79)53(82)55(84)46-17-11-21-71(46)69-40(14-6-8-18-58)56(85)65-42(23-36-26-62-32-63-36)47(75)25-48(76)45-16-10-20-70(45)68-41(15-7-9-19-59)57(86)66-44(28-72)54(83)52(81)38(60)22-35-12-4-3-5-13-35/h3-5,12-13,26,32,37-46,64,67-69,72H,6-11,14-25,27-31,58-61H2,1-2H3,(H,62,63)(H,65,85)(H,66,86)(H,78,79)/t37?,38-,39?,40-,41-,42-,43-,44-,45-,46-/m0/s1. The van der Waals surface area contributed by atoms with Gasteiger partial charge in [-0.3, -0.25) is 62.3 Å². The van der Waals surface area contributed by atoms with E-state index < -0.39 is 162 Å². The molecule has 1 aromatic carbocycles. The van der Waals surface area contributed by atoms with Crippen LogP contribution in [0.3, 0.4) is 0 Å². The molecule has 492 valence electrons. The number of thioether (sulfide) groups is 1. The monoisotopic (exact) mass is 1270 g/mol. The number of esters is 2. The average Bonchev–Trinajstić information content (AvgIpc) is 2.36. The first-order valence-corrected chi connectivity index (χ1v) is 30.7. The van der Waals surface area contributed by atoms with Crippen LogP contribution in [0.15, 0.2) is 42.9 Å². The van der Waals surface area contributed by atoms with Crippen LogP contribution in [0, 0.1) is 0 Å². The number of nitrogens with two attached hydrogens (primary N) is 4. The van der Waals surface area contributed by atoms with E-state index in [0.717, 1.165) is 18.7 Å². The second-order valence-corrected chi connectivity index (χ2v) is 22.8. The summed E-state index contributed by atoms with van der Waals surface area (Å²) in [5.74, 6) is -11.9. The van der Waals surface area contributed by atoms with Crippen molar-refractivity contribution in [2.24, 2.45) is 22.9 Å². The first-order chi connectivity index (χ1) is 42.5. The molecule has 0 radical (unpaired) electrons. The van der Waals surface area contributed by atoms with E-state index in [1.54, 1.807) is 30.3 Å². The van der Waals surface area contributed by atoms with Gasteiger partial charge in [0.25, 0.3) is 0 Å². The second-order valence-electron chi connectivity index (χ2n) is 21.7. The van der Waals surface area contributed by atoms with Crippen molar-refractivity contribution >= 4 is 87.8 Å². The molecule has 2 aromatic rings. The maximum atomic E-state index is 14.5. The summed E-state index contributed by atoms with van der Waals surface area (Å²) in [5, 5.41) is 28.0. The van der Waals surface area contributed by atoms with Crippen LogP contribution in [0.2, 0.25) is 0 Å². The Morgan fingerprint density at radius 3 is 1.89 bits per heavy atom. The van der Waals surface area contributed by atoms with E-state index in [2.05, 4.69) is 42.3 Å². The Bertz CT molecular complexity index is 2730. The van der Waals surface area contributed by atoms with Crippen LogP contribution < -0.4 is 55.3 Å². The number of nitrogens with zero attached hydrogens (tertiary/aromatic N) is 3. The number of carboxylic acid groups (broad SMARTS) is 1. The maximum Gasteiger partial charge on any atom is 0.305 e. The normalized spacial score (nSPS) is 17.8. The molecule has 2 saturated heterocycles. The topological polar surface area (TPSA) is 492 Å². The number of carboxylic acids is 1. The van der Waals surface area contributed by atoms with Crippen molar-refractivity contribution in [1.29, 1.82) is 0 Å². The molecule has 31 nitrogen and oxygen atoms in total. The fourth-order valence-electron chi connectivity index (χ4n) is 9.90. The number of imidazole rings is 1. The molecule has 32 heteroatoms. The van der Waals surface area contributed by atoms with Crippen LogP contribution in [0.25, 0.3) is 0 Å². The number of hydrazine groups is 3. The van der Waals surface area contributed by atoms with Gasteiger partial charge in [0.1, 0.15) is 30.8 Å². The van der Waals surface area contributed by atoms with Gasteiger partial charge in [0.05, 0.1) is 74.3 Å². The van der Waals surface area contributed by atoms with Crippen LogP contribution in [-0.4, -0.2) is 224 Å². The Hall–Kier alpha value is -6.95. The zero-order valence-electron chi connectivity index (χ0n) is 50.2. The van der Waals surface area contributed by atoms with Gasteiger partial charge < -0.3 is 58.2 Å². The molecule has 0 bridgehead atoms. The van der Waals surface area contributed by atoms with Crippen molar-refractivity contribution < 1.29 is 82.0 Å². The lowest BCUT2D eigenvalue weighted by Gasteiger charge is -2.31. The van der Waals surface area contributed by atoms with Crippen molar-refractivity contribution in [2.75, 3.05) is 57.4 Å². The molecule has 2 amide bonds. The summed E-state index contributed by atoms with van der Waals surface area (Å²) in [6.45, 7) is 1.36. The first-order valence-electron chi connectivity index (χ1n) is 29.5. The van der Waals surface area contributed by atoms with Gasteiger partial charge in [-0.1, -0.05) is 43.2 Å². The molecule has 17 N–H and O–H groups in total. The number of H-pyrrole nitrogens is 1.